The molecular weight excluding hydrogens is 624 g/mol. The van der Waals surface area contributed by atoms with Gasteiger partial charge in [0.15, 0.2) is 17.6 Å². The number of phosphoric acid groups is 2. The van der Waals surface area contributed by atoms with E-state index in [1.54, 1.807) is 7.05 Å². The van der Waals surface area contributed by atoms with Crippen LogP contribution in [-0.4, -0.2) is 189 Å². The van der Waals surface area contributed by atoms with Crippen molar-refractivity contribution in [3.63, 3.8) is 0 Å². The van der Waals surface area contributed by atoms with Gasteiger partial charge in [-0.05, 0) is 6.92 Å². The Morgan fingerprint density at radius 1 is 1.20 bits per heavy atom. The Bertz CT molecular complexity index is 1300. The zero-order valence-electron chi connectivity index (χ0n) is 22.7. The molecule has 2 aromatic rings. The number of rotatable bonds is 9. The van der Waals surface area contributed by atoms with Gasteiger partial charge >= 0.3 is 27.3 Å². The Morgan fingerprint density at radius 2 is 1.80 bits per heavy atom. The van der Waals surface area contributed by atoms with E-state index < -0.39 is 64.4 Å². The molecule has 0 bridgehead atoms. The Kier molecular flexibility index (Phi) is 16.5. The van der Waals surface area contributed by atoms with Crippen LogP contribution < -0.4 is 15.4 Å². The Morgan fingerprint density at radius 3 is 2.38 bits per heavy atom. The van der Waals surface area contributed by atoms with Crippen molar-refractivity contribution in [1.82, 2.24) is 14.5 Å². The molecule has 6 N–H and O–H groups in total. The molecule has 2 saturated heterocycles. The van der Waals surface area contributed by atoms with Gasteiger partial charge in [-0.1, -0.05) is 4.98 Å². The van der Waals surface area contributed by atoms with Gasteiger partial charge in [0, 0.05) is 131 Å². The fraction of sp³-hybridized carbons (Fsp3) is 0.625. The molecule has 0 aliphatic carbocycles. The number of hydrogen-bond donors (Lipinski definition) is 5. The number of carboxylic acids is 1. The van der Waals surface area contributed by atoms with Crippen LogP contribution in [0.4, 0.5) is 5.95 Å². The van der Waals surface area contributed by atoms with Crippen LogP contribution in [0.25, 0.3) is 11.2 Å². The van der Waals surface area contributed by atoms with E-state index in [0.29, 0.717) is 0 Å². The summed E-state index contributed by atoms with van der Waals surface area (Å²) in [6.45, 7) is 0.764. The molecular formula is C16H23N5Na4O13P2. The number of ether oxygens (including phenoxy) is 3. The molecule has 0 aromatic carbocycles. The monoisotopic (exact) mass is 647 g/mol. The van der Waals surface area contributed by atoms with Gasteiger partial charge in [0.2, 0.25) is 6.23 Å². The van der Waals surface area contributed by atoms with Crippen molar-refractivity contribution in [3.8, 4) is 5.88 Å². The minimum atomic E-state index is -5.36. The van der Waals surface area contributed by atoms with Gasteiger partial charge in [-0.3, -0.25) is 13.9 Å². The molecule has 204 valence electrons. The smallest absolute Gasteiger partial charge is 0.481 e. The summed E-state index contributed by atoms with van der Waals surface area (Å²) in [6, 6.07) is 0. The van der Waals surface area contributed by atoms with Gasteiger partial charge in [0.05, 0.1) is 20.1 Å². The second-order valence-electron chi connectivity index (χ2n) is 8.29. The number of aliphatic carboxylic acids is 1. The average molecular weight is 647 g/mol. The van der Waals surface area contributed by atoms with Crippen LogP contribution in [0.2, 0.25) is 0 Å². The van der Waals surface area contributed by atoms with Gasteiger partial charge in [-0.2, -0.15) is 4.31 Å². The summed E-state index contributed by atoms with van der Waals surface area (Å²) in [6.07, 6.45) is -3.10. The Labute approximate surface area is 315 Å². The van der Waals surface area contributed by atoms with Crippen LogP contribution in [0.5, 0.6) is 5.88 Å². The first kappa shape index (κ1) is 41.8. The predicted molar refractivity (Wildman–Crippen MR) is 133 cm³/mol. The van der Waals surface area contributed by atoms with Crippen LogP contribution in [0.15, 0.2) is 6.33 Å². The average Bonchev–Trinajstić information content (AvgIpc) is 3.33. The van der Waals surface area contributed by atoms with Gasteiger partial charge in [0.1, 0.15) is 18.3 Å². The third-order valence-electron chi connectivity index (χ3n) is 5.48. The SMILES string of the molecule is Cn1c[n+](C2OC(COP(=O)(O)OP(=O)(O)O)C3OC(C)(CCC(=O)O)OC32)c2nc(N)nc([O-])c21.[Na].[Na].[Na].[Na]. The van der Waals surface area contributed by atoms with Crippen molar-refractivity contribution in [2.24, 2.45) is 7.05 Å². The normalized spacial score (nSPS) is 26.9. The van der Waals surface area contributed by atoms with E-state index in [4.69, 9.17) is 39.4 Å². The summed E-state index contributed by atoms with van der Waals surface area (Å²) < 4.78 is 52.1. The van der Waals surface area contributed by atoms with E-state index in [0.717, 1.165) is 0 Å². The fourth-order valence-corrected chi connectivity index (χ4v) is 5.73. The van der Waals surface area contributed by atoms with Crippen molar-refractivity contribution in [1.29, 1.82) is 0 Å². The molecule has 0 saturated carbocycles. The minimum absolute atomic E-state index is 0. The van der Waals surface area contributed by atoms with Crippen molar-refractivity contribution >= 4 is 157 Å². The summed E-state index contributed by atoms with van der Waals surface area (Å²) in [4.78, 5) is 46.0. The third kappa shape index (κ3) is 9.88. The molecule has 2 aliphatic rings. The third-order valence-corrected chi connectivity index (χ3v) is 7.63. The molecule has 24 heteroatoms. The number of carbonyl (C=O) groups is 1. The summed E-state index contributed by atoms with van der Waals surface area (Å²) >= 11 is 0. The van der Waals surface area contributed by atoms with E-state index in [1.165, 1.54) is 22.4 Å². The number of imidazole rings is 1. The molecule has 0 amide bonds. The number of phosphoric ester groups is 1. The van der Waals surface area contributed by atoms with Gasteiger partial charge in [-0.15, -0.1) is 0 Å². The molecule has 4 radical (unpaired) electrons. The van der Waals surface area contributed by atoms with E-state index in [9.17, 15) is 23.9 Å². The van der Waals surface area contributed by atoms with Crippen molar-refractivity contribution in [2.75, 3.05) is 12.3 Å². The maximum Gasteiger partial charge on any atom is 0.481 e. The summed E-state index contributed by atoms with van der Waals surface area (Å²) in [5, 5.41) is 21.4. The number of aromatic nitrogens is 4. The summed E-state index contributed by atoms with van der Waals surface area (Å²) in [5.74, 6) is -3.45. The first-order valence-electron chi connectivity index (χ1n) is 10.3. The Hall–Kier alpha value is 1.76. The first-order valence-corrected chi connectivity index (χ1v) is 13.3. The maximum absolute atomic E-state index is 12.3. The van der Waals surface area contributed by atoms with Crippen LogP contribution in [0.1, 0.15) is 26.0 Å². The number of aryl methyl sites for hydroxylation is 1. The van der Waals surface area contributed by atoms with Gasteiger partial charge in [0.25, 0.3) is 5.95 Å². The number of hydrogen-bond acceptors (Lipinski definition) is 12. The largest absolute Gasteiger partial charge is 0.856 e. The Balaban J connectivity index is 0.00000380. The molecule has 4 rings (SSSR count). The summed E-state index contributed by atoms with van der Waals surface area (Å²) in [7, 11) is -9.01. The fourth-order valence-electron chi connectivity index (χ4n) is 4.13. The number of fused-ring (bicyclic) bond motifs is 2. The molecule has 2 aromatic heterocycles. The zero-order chi connectivity index (χ0) is 26.6. The van der Waals surface area contributed by atoms with E-state index in [-0.39, 0.29) is 148 Å². The molecule has 6 atom stereocenters. The van der Waals surface area contributed by atoms with Gasteiger partial charge < -0.3 is 44.8 Å². The molecule has 6 unspecified atom stereocenters. The number of carboxylic acid groups (broad SMARTS) is 1. The van der Waals surface area contributed by atoms with Gasteiger partial charge in [-0.25, -0.2) is 18.7 Å². The van der Waals surface area contributed by atoms with Crippen LogP contribution in [0, 0.1) is 0 Å². The number of nitrogens with two attached hydrogens (primary N) is 1. The van der Waals surface area contributed by atoms with Crippen LogP contribution in [0.3, 0.4) is 0 Å². The number of anilines is 1. The van der Waals surface area contributed by atoms with E-state index >= 15 is 0 Å². The van der Waals surface area contributed by atoms with E-state index in [2.05, 4.69) is 14.3 Å². The van der Waals surface area contributed by atoms with Crippen LogP contribution in [-0.2, 0) is 44.0 Å². The minimum Gasteiger partial charge on any atom is -0.856 e. The first-order chi connectivity index (χ1) is 16.6. The molecule has 4 heterocycles. The maximum atomic E-state index is 12.3. The second-order valence-corrected chi connectivity index (χ2v) is 11.1. The molecule has 2 fully saturated rings. The van der Waals surface area contributed by atoms with Crippen molar-refractivity contribution in [3.05, 3.63) is 6.33 Å². The molecule has 40 heavy (non-hydrogen) atoms. The van der Waals surface area contributed by atoms with Crippen molar-refractivity contribution in [2.45, 2.75) is 50.1 Å². The predicted octanol–water partition coefficient (Wildman–Crippen LogP) is -3.12. The summed E-state index contributed by atoms with van der Waals surface area (Å²) in [5.41, 5.74) is 5.81. The van der Waals surface area contributed by atoms with Crippen LogP contribution >= 0.6 is 15.6 Å². The standard InChI is InChI=1S/C16H23N5O13P2.4Na/c1-16(4-3-8(22)23)32-10-7(5-30-36(28,29)34-35(25,26)27)31-14(11(10)33-16)21-6-20(2)9-12(21)18-15(17)19-13(9)24;;;;/h6-7,10-11,14H,3-5H2,1-2H3,(H6-,17,18,19,22,23,24,25,26,27,28,29);;;;. The zero-order valence-corrected chi connectivity index (χ0v) is 32.5. The molecule has 2 aliphatic heterocycles. The topological polar surface area (TPSA) is 262 Å². The molecule has 18 nitrogen and oxygen atoms in total. The molecule has 0 spiro atoms. The number of nitrogens with zero attached hydrogens (tertiary/aromatic N) is 4. The van der Waals surface area contributed by atoms with E-state index in [1.807, 2.05) is 0 Å². The number of nitrogen functional groups attached to an aromatic ring is 1. The second kappa shape index (κ2) is 15.9. The quantitative estimate of drug-likeness (QED) is 0.102. The van der Waals surface area contributed by atoms with Crippen molar-refractivity contribution < 1.29 is 66.4 Å².